The van der Waals surface area contributed by atoms with Gasteiger partial charge in [-0.25, -0.2) is 0 Å². The first-order valence-electron chi connectivity index (χ1n) is 6.99. The zero-order valence-corrected chi connectivity index (χ0v) is 13.8. The number of nitrogens with zero attached hydrogens (tertiary/aromatic N) is 5. The highest BCUT2D eigenvalue weighted by Gasteiger charge is 2.09. The summed E-state index contributed by atoms with van der Waals surface area (Å²) in [5.74, 6) is 0. The maximum absolute atomic E-state index is 5.42. The van der Waals surface area contributed by atoms with Crippen LogP contribution in [0.5, 0.6) is 0 Å². The van der Waals surface area contributed by atoms with Crippen LogP contribution < -0.4 is 5.32 Å². The number of rotatable bonds is 5. The first-order chi connectivity index (χ1) is 10.0. The maximum atomic E-state index is 5.42. The molecule has 0 unspecified atom stereocenters. The predicted molar refractivity (Wildman–Crippen MR) is 86.8 cm³/mol. The molecule has 2 aromatic rings. The van der Waals surface area contributed by atoms with Gasteiger partial charge in [-0.3, -0.25) is 9.36 Å². The van der Waals surface area contributed by atoms with Gasteiger partial charge in [0.1, 0.15) is 0 Å². The van der Waals surface area contributed by atoms with Gasteiger partial charge in [-0.15, -0.1) is 0 Å². The third-order valence-corrected chi connectivity index (χ3v) is 4.00. The van der Waals surface area contributed by atoms with Crippen molar-refractivity contribution in [3.63, 3.8) is 0 Å². The molecule has 0 aromatic carbocycles. The molecule has 0 aliphatic rings. The Balaban J connectivity index is 1.86. The van der Waals surface area contributed by atoms with E-state index in [2.05, 4.69) is 29.4 Å². The summed E-state index contributed by atoms with van der Waals surface area (Å²) >= 11 is 5.42. The van der Waals surface area contributed by atoms with E-state index in [0.29, 0.717) is 6.54 Å². The Labute approximate surface area is 130 Å². The minimum absolute atomic E-state index is 0.690. The van der Waals surface area contributed by atoms with E-state index in [1.54, 1.807) is 0 Å². The first-order valence-corrected chi connectivity index (χ1v) is 7.39. The summed E-state index contributed by atoms with van der Waals surface area (Å²) in [4.78, 5) is 2.02. The van der Waals surface area contributed by atoms with Crippen molar-refractivity contribution in [2.24, 2.45) is 7.05 Å². The van der Waals surface area contributed by atoms with Crippen LogP contribution in [-0.2, 0) is 26.7 Å². The van der Waals surface area contributed by atoms with E-state index >= 15 is 0 Å². The molecule has 0 amide bonds. The Morgan fingerprint density at radius 1 is 1.38 bits per heavy atom. The SMILES string of the molecule is CCn1cc(CNC(=S)N(C)Cc2cnn(C)c2C)cn1. The van der Waals surface area contributed by atoms with Crippen LogP contribution in [-0.4, -0.2) is 36.6 Å². The van der Waals surface area contributed by atoms with Crippen molar-refractivity contribution >= 4 is 17.3 Å². The van der Waals surface area contributed by atoms with E-state index in [-0.39, 0.29) is 0 Å². The molecular weight excluding hydrogens is 284 g/mol. The summed E-state index contributed by atoms with van der Waals surface area (Å²) < 4.78 is 3.78. The van der Waals surface area contributed by atoms with Gasteiger partial charge in [0.25, 0.3) is 0 Å². The molecule has 0 radical (unpaired) electrons. The topological polar surface area (TPSA) is 50.9 Å². The number of hydrogen-bond donors (Lipinski definition) is 1. The molecule has 2 heterocycles. The second-order valence-electron chi connectivity index (χ2n) is 5.10. The number of aromatic nitrogens is 4. The van der Waals surface area contributed by atoms with Crippen LogP contribution in [0, 0.1) is 6.92 Å². The van der Waals surface area contributed by atoms with Gasteiger partial charge in [0.2, 0.25) is 0 Å². The lowest BCUT2D eigenvalue weighted by Crippen LogP contribution is -2.36. The summed E-state index contributed by atoms with van der Waals surface area (Å²) in [7, 11) is 3.93. The minimum atomic E-state index is 0.690. The van der Waals surface area contributed by atoms with Crippen molar-refractivity contribution in [3.8, 4) is 0 Å². The van der Waals surface area contributed by atoms with Crippen LogP contribution in [0.3, 0.4) is 0 Å². The predicted octanol–water partition coefficient (Wildman–Crippen LogP) is 1.45. The van der Waals surface area contributed by atoms with Crippen molar-refractivity contribution in [2.75, 3.05) is 7.05 Å². The Bertz CT molecular complexity index is 615. The zero-order chi connectivity index (χ0) is 15.4. The fourth-order valence-electron chi connectivity index (χ4n) is 2.01. The maximum Gasteiger partial charge on any atom is 0.169 e. The second-order valence-corrected chi connectivity index (χ2v) is 5.48. The highest BCUT2D eigenvalue weighted by molar-refractivity contribution is 7.80. The van der Waals surface area contributed by atoms with Gasteiger partial charge in [-0.05, 0) is 26.1 Å². The molecule has 0 aliphatic carbocycles. The lowest BCUT2D eigenvalue weighted by Gasteiger charge is -2.20. The molecule has 2 aromatic heterocycles. The Morgan fingerprint density at radius 3 is 2.71 bits per heavy atom. The lowest BCUT2D eigenvalue weighted by atomic mass is 10.2. The average Bonchev–Trinajstić information content (AvgIpc) is 3.06. The summed E-state index contributed by atoms with van der Waals surface area (Å²) in [5.41, 5.74) is 3.47. The minimum Gasteiger partial charge on any atom is -0.358 e. The van der Waals surface area contributed by atoms with Gasteiger partial charge in [0.05, 0.1) is 12.4 Å². The molecule has 2 rings (SSSR count). The molecular formula is C14H22N6S. The van der Waals surface area contributed by atoms with Crippen LogP contribution in [0.2, 0.25) is 0 Å². The average molecular weight is 306 g/mol. The van der Waals surface area contributed by atoms with Crippen LogP contribution in [0.1, 0.15) is 23.7 Å². The molecule has 21 heavy (non-hydrogen) atoms. The highest BCUT2D eigenvalue weighted by Crippen LogP contribution is 2.08. The smallest absolute Gasteiger partial charge is 0.169 e. The molecule has 0 atom stereocenters. The third kappa shape index (κ3) is 3.81. The Morgan fingerprint density at radius 2 is 2.14 bits per heavy atom. The fourth-order valence-corrected chi connectivity index (χ4v) is 2.15. The van der Waals surface area contributed by atoms with Crippen LogP contribution in [0.4, 0.5) is 0 Å². The van der Waals surface area contributed by atoms with Crippen LogP contribution >= 0.6 is 12.2 Å². The van der Waals surface area contributed by atoms with Gasteiger partial charge in [0, 0.05) is 56.7 Å². The fraction of sp³-hybridized carbons (Fsp3) is 0.500. The summed E-state index contributed by atoms with van der Waals surface area (Å²) in [5, 5.41) is 12.5. The molecule has 0 spiro atoms. The van der Waals surface area contributed by atoms with Crippen molar-refractivity contribution in [1.29, 1.82) is 0 Å². The Hall–Kier alpha value is -1.89. The number of hydrogen-bond acceptors (Lipinski definition) is 3. The van der Waals surface area contributed by atoms with Crippen molar-refractivity contribution < 1.29 is 0 Å². The van der Waals surface area contributed by atoms with E-state index in [0.717, 1.165) is 29.5 Å². The Kier molecular flexibility index (Phi) is 4.95. The van der Waals surface area contributed by atoms with Crippen molar-refractivity contribution in [2.45, 2.75) is 33.5 Å². The summed E-state index contributed by atoms with van der Waals surface area (Å²) in [6, 6.07) is 0. The van der Waals surface area contributed by atoms with Gasteiger partial charge < -0.3 is 10.2 Å². The van der Waals surface area contributed by atoms with E-state index in [9.17, 15) is 0 Å². The normalized spacial score (nSPS) is 10.7. The van der Waals surface area contributed by atoms with E-state index in [4.69, 9.17) is 12.2 Å². The second kappa shape index (κ2) is 6.71. The lowest BCUT2D eigenvalue weighted by molar-refractivity contribution is 0.487. The van der Waals surface area contributed by atoms with Crippen LogP contribution in [0.15, 0.2) is 18.6 Å². The molecule has 0 fully saturated rings. The number of thiocarbonyl (C=S) groups is 1. The summed E-state index contributed by atoms with van der Waals surface area (Å²) in [6.07, 6.45) is 5.78. The zero-order valence-electron chi connectivity index (χ0n) is 13.0. The number of nitrogens with one attached hydrogen (secondary N) is 1. The molecule has 0 bridgehead atoms. The van der Waals surface area contributed by atoms with Gasteiger partial charge in [0.15, 0.2) is 5.11 Å². The van der Waals surface area contributed by atoms with Crippen molar-refractivity contribution in [3.05, 3.63) is 35.4 Å². The molecule has 114 valence electrons. The molecule has 0 aliphatic heterocycles. The van der Waals surface area contributed by atoms with E-state index in [1.165, 1.54) is 5.56 Å². The van der Waals surface area contributed by atoms with Crippen molar-refractivity contribution in [1.82, 2.24) is 29.8 Å². The van der Waals surface area contributed by atoms with E-state index in [1.807, 2.05) is 46.9 Å². The van der Waals surface area contributed by atoms with E-state index < -0.39 is 0 Å². The molecule has 6 nitrogen and oxygen atoms in total. The molecule has 0 saturated heterocycles. The van der Waals surface area contributed by atoms with Gasteiger partial charge in [-0.2, -0.15) is 10.2 Å². The van der Waals surface area contributed by atoms with Gasteiger partial charge >= 0.3 is 0 Å². The number of aryl methyl sites for hydroxylation is 2. The quantitative estimate of drug-likeness (QED) is 0.848. The standard InChI is InChI=1S/C14H22N6S/c1-5-20-9-12(7-17-20)6-15-14(21)18(3)10-13-8-16-19(4)11(13)2/h7-9H,5-6,10H2,1-4H3,(H,15,21). The first kappa shape index (κ1) is 15.5. The van der Waals surface area contributed by atoms with Crippen LogP contribution in [0.25, 0.3) is 0 Å². The largest absolute Gasteiger partial charge is 0.358 e. The van der Waals surface area contributed by atoms with Gasteiger partial charge in [-0.1, -0.05) is 0 Å². The summed E-state index contributed by atoms with van der Waals surface area (Å²) in [6.45, 7) is 6.45. The molecule has 0 saturated carbocycles. The molecule has 7 heteroatoms. The molecule has 1 N–H and O–H groups in total. The monoisotopic (exact) mass is 306 g/mol. The third-order valence-electron chi connectivity index (χ3n) is 3.55. The highest BCUT2D eigenvalue weighted by atomic mass is 32.1.